The number of nitrogens with zero attached hydrogens (tertiary/aromatic N) is 1. The van der Waals surface area contributed by atoms with Crippen molar-refractivity contribution in [2.75, 3.05) is 20.8 Å². The summed E-state index contributed by atoms with van der Waals surface area (Å²) in [5, 5.41) is 1.78. The van der Waals surface area contributed by atoms with E-state index in [-0.39, 0.29) is 19.4 Å². The molecular weight excluding hydrogens is 322 g/mol. The molecule has 0 aromatic carbocycles. The number of carbonyl (C=O) groups excluding carboxylic acids is 3. The number of methoxy groups -OCH3 is 2. The first-order valence-corrected chi connectivity index (χ1v) is 7.83. The molecule has 1 aliphatic rings. The van der Waals surface area contributed by atoms with Gasteiger partial charge in [-0.1, -0.05) is 0 Å². The number of ether oxygens (including phenoxy) is 3. The van der Waals surface area contributed by atoms with Gasteiger partial charge in [0, 0.05) is 6.42 Å². The maximum absolute atomic E-state index is 12.1. The zero-order chi connectivity index (χ0) is 17.0. The number of rotatable bonds is 3. The Morgan fingerprint density at radius 3 is 2.35 bits per heavy atom. The minimum atomic E-state index is -1.37. The molecule has 124 valence electrons. The van der Waals surface area contributed by atoms with Crippen LogP contribution in [0, 0.1) is 5.41 Å². The van der Waals surface area contributed by atoms with Crippen LogP contribution in [0.3, 0.4) is 0 Å². The van der Waals surface area contributed by atoms with E-state index in [0.29, 0.717) is 4.67 Å². The van der Waals surface area contributed by atoms with E-state index in [1.807, 2.05) is 0 Å². The summed E-state index contributed by atoms with van der Waals surface area (Å²) in [5.74, 6) is -1.26. The van der Waals surface area contributed by atoms with Crippen LogP contribution >= 0.6 is 11.3 Å². The maximum atomic E-state index is 12.1. The molecule has 2 rings (SSSR count). The van der Waals surface area contributed by atoms with Crippen molar-refractivity contribution in [1.29, 1.82) is 0 Å². The second-order valence-corrected chi connectivity index (χ2v) is 5.89. The van der Waals surface area contributed by atoms with Crippen molar-refractivity contribution in [3.05, 3.63) is 27.2 Å². The fourth-order valence-corrected chi connectivity index (χ4v) is 3.42. The lowest BCUT2D eigenvalue weighted by Gasteiger charge is -2.22. The van der Waals surface area contributed by atoms with E-state index in [2.05, 4.69) is 4.99 Å². The van der Waals surface area contributed by atoms with Gasteiger partial charge in [-0.25, -0.2) is 4.79 Å². The highest BCUT2D eigenvalue weighted by Gasteiger charge is 2.52. The smallest absolute Gasteiger partial charge is 0.434 e. The highest BCUT2D eigenvalue weighted by atomic mass is 32.1. The topological polar surface area (TPSA) is 91.3 Å². The number of hydrogen-bond acceptors (Lipinski definition) is 7. The quantitative estimate of drug-likeness (QED) is 0.467. The van der Waals surface area contributed by atoms with E-state index in [0.717, 1.165) is 11.1 Å². The highest BCUT2D eigenvalue weighted by Crippen LogP contribution is 2.39. The van der Waals surface area contributed by atoms with E-state index >= 15 is 0 Å². The Bertz CT molecular complexity index is 692. The van der Waals surface area contributed by atoms with E-state index < -0.39 is 23.4 Å². The number of hydrogen-bond donors (Lipinski definition) is 0. The predicted octanol–water partition coefficient (Wildman–Crippen LogP) is 1.24. The van der Waals surface area contributed by atoms with Crippen molar-refractivity contribution in [2.24, 2.45) is 10.4 Å². The first kappa shape index (κ1) is 17.1. The van der Waals surface area contributed by atoms with Crippen LogP contribution in [-0.4, -0.2) is 38.9 Å². The summed E-state index contributed by atoms with van der Waals surface area (Å²) in [7, 11) is 2.47. The van der Waals surface area contributed by atoms with Gasteiger partial charge >= 0.3 is 18.0 Å². The number of carbonyl (C=O) groups is 3. The van der Waals surface area contributed by atoms with Gasteiger partial charge in [-0.2, -0.15) is 4.99 Å². The molecule has 0 aliphatic heterocycles. The van der Waals surface area contributed by atoms with Gasteiger partial charge in [0.25, 0.3) is 0 Å². The van der Waals surface area contributed by atoms with Crippen molar-refractivity contribution in [1.82, 2.24) is 0 Å². The SMILES string of the molecule is CCOC(=O)N=c1cc2c(cs1)CC(C(=O)OC)(C(=O)OC)C2. The molecule has 0 spiro atoms. The van der Waals surface area contributed by atoms with Gasteiger partial charge in [0.1, 0.15) is 4.67 Å². The van der Waals surface area contributed by atoms with Gasteiger partial charge in [0.05, 0.1) is 20.8 Å². The van der Waals surface area contributed by atoms with Crippen LogP contribution in [0.1, 0.15) is 18.1 Å². The predicted molar refractivity (Wildman–Crippen MR) is 80.8 cm³/mol. The zero-order valence-corrected chi connectivity index (χ0v) is 13.9. The Morgan fingerprint density at radius 2 is 1.78 bits per heavy atom. The molecule has 0 saturated carbocycles. The van der Waals surface area contributed by atoms with Gasteiger partial charge < -0.3 is 14.2 Å². The third-order valence-electron chi connectivity index (χ3n) is 3.64. The molecule has 1 aliphatic carbocycles. The monoisotopic (exact) mass is 339 g/mol. The molecule has 1 aromatic rings. The van der Waals surface area contributed by atoms with Crippen molar-refractivity contribution in [3.8, 4) is 0 Å². The van der Waals surface area contributed by atoms with Gasteiger partial charge in [0.2, 0.25) is 0 Å². The molecule has 0 bridgehead atoms. The molecule has 0 N–H and O–H groups in total. The van der Waals surface area contributed by atoms with Crippen molar-refractivity contribution in [2.45, 2.75) is 19.8 Å². The molecule has 0 saturated heterocycles. The first-order valence-electron chi connectivity index (χ1n) is 6.95. The van der Waals surface area contributed by atoms with Crippen LogP contribution in [0.2, 0.25) is 0 Å². The van der Waals surface area contributed by atoms with Crippen LogP contribution in [0.4, 0.5) is 4.79 Å². The number of esters is 2. The average Bonchev–Trinajstić information content (AvgIpc) is 2.93. The lowest BCUT2D eigenvalue weighted by Crippen LogP contribution is -2.42. The zero-order valence-electron chi connectivity index (χ0n) is 13.1. The van der Waals surface area contributed by atoms with Gasteiger partial charge in [-0.3, -0.25) is 9.59 Å². The summed E-state index contributed by atoms with van der Waals surface area (Å²) in [6.45, 7) is 1.94. The van der Waals surface area contributed by atoms with Gasteiger partial charge in [0.15, 0.2) is 5.41 Å². The molecule has 0 radical (unpaired) electrons. The Kier molecular flexibility index (Phi) is 5.15. The molecule has 0 atom stereocenters. The molecule has 1 heterocycles. The number of fused-ring (bicyclic) bond motifs is 1. The van der Waals surface area contributed by atoms with Crippen LogP contribution in [0.25, 0.3) is 0 Å². The third-order valence-corrected chi connectivity index (χ3v) is 4.49. The maximum Gasteiger partial charge on any atom is 0.434 e. The molecule has 8 heteroatoms. The molecule has 7 nitrogen and oxygen atoms in total. The standard InChI is InChI=1S/C15H17NO6S/c1-4-22-14(19)16-11-5-9-6-15(12(17)20-2,13(18)21-3)7-10(9)8-23-11/h5,8H,4,6-7H2,1-3H3. The van der Waals surface area contributed by atoms with E-state index in [4.69, 9.17) is 14.2 Å². The van der Waals surface area contributed by atoms with E-state index in [1.54, 1.807) is 18.4 Å². The highest BCUT2D eigenvalue weighted by molar-refractivity contribution is 7.07. The fourth-order valence-electron chi connectivity index (χ4n) is 2.58. The van der Waals surface area contributed by atoms with Crippen LogP contribution in [0.5, 0.6) is 0 Å². The normalized spacial score (nSPS) is 15.7. The summed E-state index contributed by atoms with van der Waals surface area (Å²) in [6, 6.07) is 1.69. The summed E-state index contributed by atoms with van der Waals surface area (Å²) < 4.78 is 14.8. The Labute approximate surface area is 136 Å². The Balaban J connectivity index is 2.38. The molecule has 0 unspecified atom stereocenters. The fraction of sp³-hybridized carbons (Fsp3) is 0.467. The Morgan fingerprint density at radius 1 is 1.17 bits per heavy atom. The number of amides is 1. The summed E-state index contributed by atoms with van der Waals surface area (Å²) in [4.78, 5) is 39.5. The van der Waals surface area contributed by atoms with Crippen LogP contribution < -0.4 is 4.67 Å². The molecular formula is C15H17NO6S. The second kappa shape index (κ2) is 6.91. The second-order valence-electron chi connectivity index (χ2n) is 5.00. The first-order chi connectivity index (χ1) is 11.0. The van der Waals surface area contributed by atoms with Gasteiger partial charge in [-0.05, 0) is 35.9 Å². The van der Waals surface area contributed by atoms with Crippen molar-refractivity contribution >= 4 is 29.4 Å². The lowest BCUT2D eigenvalue weighted by atomic mass is 9.85. The molecule has 1 amide bonds. The lowest BCUT2D eigenvalue weighted by molar-refractivity contribution is -0.168. The third kappa shape index (κ3) is 3.26. The Hall–Kier alpha value is -2.22. The average molecular weight is 339 g/mol. The van der Waals surface area contributed by atoms with Crippen LogP contribution in [-0.2, 0) is 36.6 Å². The molecule has 23 heavy (non-hydrogen) atoms. The molecule has 0 fully saturated rings. The van der Waals surface area contributed by atoms with Crippen molar-refractivity contribution < 1.29 is 28.6 Å². The van der Waals surface area contributed by atoms with Gasteiger partial charge in [-0.15, -0.1) is 11.3 Å². The molecule has 1 aromatic heterocycles. The summed E-state index contributed by atoms with van der Waals surface area (Å²) >= 11 is 1.24. The summed E-state index contributed by atoms with van der Waals surface area (Å²) in [5.41, 5.74) is 0.234. The van der Waals surface area contributed by atoms with E-state index in [9.17, 15) is 14.4 Å². The van der Waals surface area contributed by atoms with Crippen LogP contribution in [0.15, 0.2) is 16.4 Å². The minimum absolute atomic E-state index is 0.153. The minimum Gasteiger partial charge on any atom is -0.468 e. The van der Waals surface area contributed by atoms with E-state index in [1.165, 1.54) is 25.6 Å². The summed E-state index contributed by atoms with van der Waals surface area (Å²) in [6.07, 6.45) is -0.313. The van der Waals surface area contributed by atoms with Crippen molar-refractivity contribution in [3.63, 3.8) is 0 Å². The largest absolute Gasteiger partial charge is 0.468 e.